The van der Waals surface area contributed by atoms with Crippen LogP contribution in [0.25, 0.3) is 0 Å². The summed E-state index contributed by atoms with van der Waals surface area (Å²) in [7, 11) is 0. The molecule has 104 valence electrons. The minimum atomic E-state index is 0.177. The molecule has 2 aliphatic rings. The Balaban J connectivity index is 1.92. The molecule has 0 atom stereocenters. The SMILES string of the molecule is Cc1ccc(N2CC3(CC3)CNC(C)(C)C2)c(Br)c1. The van der Waals surface area contributed by atoms with Gasteiger partial charge in [0.25, 0.3) is 0 Å². The summed E-state index contributed by atoms with van der Waals surface area (Å²) in [6.07, 6.45) is 2.74. The largest absolute Gasteiger partial charge is 0.368 e. The summed E-state index contributed by atoms with van der Waals surface area (Å²) in [6, 6.07) is 6.70. The second-order valence-electron chi connectivity index (χ2n) is 7.05. The minimum absolute atomic E-state index is 0.177. The van der Waals surface area contributed by atoms with Crippen LogP contribution in [-0.4, -0.2) is 25.2 Å². The van der Waals surface area contributed by atoms with Crippen LogP contribution in [0.2, 0.25) is 0 Å². The molecule has 1 aromatic rings. The van der Waals surface area contributed by atoms with Gasteiger partial charge < -0.3 is 10.2 Å². The minimum Gasteiger partial charge on any atom is -0.368 e. The lowest BCUT2D eigenvalue weighted by Gasteiger charge is -2.32. The van der Waals surface area contributed by atoms with Crippen molar-refractivity contribution in [1.29, 1.82) is 0 Å². The molecular formula is C16H23BrN2. The second kappa shape index (κ2) is 4.49. The predicted molar refractivity (Wildman–Crippen MR) is 84.8 cm³/mol. The summed E-state index contributed by atoms with van der Waals surface area (Å²) >= 11 is 3.74. The van der Waals surface area contributed by atoms with E-state index in [4.69, 9.17) is 0 Å². The Hall–Kier alpha value is -0.540. The highest BCUT2D eigenvalue weighted by molar-refractivity contribution is 9.10. The molecule has 1 heterocycles. The fourth-order valence-electron chi connectivity index (χ4n) is 3.03. The molecule has 0 bridgehead atoms. The summed E-state index contributed by atoms with van der Waals surface area (Å²) < 4.78 is 1.22. The van der Waals surface area contributed by atoms with Gasteiger partial charge in [-0.2, -0.15) is 0 Å². The molecule has 1 spiro atoms. The van der Waals surface area contributed by atoms with E-state index in [0.717, 1.165) is 6.54 Å². The van der Waals surface area contributed by atoms with Crippen molar-refractivity contribution in [3.63, 3.8) is 0 Å². The zero-order chi connectivity index (χ0) is 13.7. The van der Waals surface area contributed by atoms with Crippen molar-refractivity contribution in [2.75, 3.05) is 24.5 Å². The molecule has 0 unspecified atom stereocenters. The summed E-state index contributed by atoms with van der Waals surface area (Å²) in [5.74, 6) is 0. The highest BCUT2D eigenvalue weighted by Gasteiger charge is 2.47. The highest BCUT2D eigenvalue weighted by atomic mass is 79.9. The first-order valence-corrected chi connectivity index (χ1v) is 7.95. The number of nitrogens with zero attached hydrogens (tertiary/aromatic N) is 1. The van der Waals surface area contributed by atoms with Crippen molar-refractivity contribution >= 4 is 21.6 Å². The van der Waals surface area contributed by atoms with Crippen LogP contribution in [0.1, 0.15) is 32.3 Å². The van der Waals surface area contributed by atoms with Crippen molar-refractivity contribution in [1.82, 2.24) is 5.32 Å². The van der Waals surface area contributed by atoms with Crippen LogP contribution in [-0.2, 0) is 0 Å². The van der Waals surface area contributed by atoms with E-state index in [-0.39, 0.29) is 5.54 Å². The Kier molecular flexibility index (Phi) is 3.18. The molecule has 1 aliphatic heterocycles. The van der Waals surface area contributed by atoms with Gasteiger partial charge in [-0.3, -0.25) is 0 Å². The molecule has 3 heteroatoms. The zero-order valence-electron chi connectivity index (χ0n) is 12.1. The maximum atomic E-state index is 3.75. The van der Waals surface area contributed by atoms with Crippen molar-refractivity contribution in [3.8, 4) is 0 Å². The molecule has 3 rings (SSSR count). The van der Waals surface area contributed by atoms with Crippen LogP contribution in [0.5, 0.6) is 0 Å². The molecule has 1 saturated carbocycles. The van der Waals surface area contributed by atoms with E-state index in [0.29, 0.717) is 5.41 Å². The fraction of sp³-hybridized carbons (Fsp3) is 0.625. The standard InChI is InChI=1S/C16H23BrN2/c1-12-4-5-14(13(17)8-12)19-10-15(2,3)18-9-16(11-19)6-7-16/h4-5,8,18H,6-7,9-11H2,1-3H3. The lowest BCUT2D eigenvalue weighted by atomic mass is 10.1. The Morgan fingerprint density at radius 1 is 1.21 bits per heavy atom. The van der Waals surface area contributed by atoms with E-state index >= 15 is 0 Å². The van der Waals surface area contributed by atoms with Crippen molar-refractivity contribution in [3.05, 3.63) is 28.2 Å². The third kappa shape index (κ3) is 2.82. The van der Waals surface area contributed by atoms with Crippen LogP contribution in [0.3, 0.4) is 0 Å². The van der Waals surface area contributed by atoms with E-state index in [2.05, 4.69) is 65.1 Å². The Bertz CT molecular complexity index is 484. The lowest BCUT2D eigenvalue weighted by molar-refractivity contribution is 0.389. The summed E-state index contributed by atoms with van der Waals surface area (Å²) in [5, 5.41) is 3.75. The van der Waals surface area contributed by atoms with Crippen LogP contribution >= 0.6 is 15.9 Å². The molecule has 19 heavy (non-hydrogen) atoms. The number of hydrogen-bond acceptors (Lipinski definition) is 2. The molecule has 2 nitrogen and oxygen atoms in total. The zero-order valence-corrected chi connectivity index (χ0v) is 13.7. The maximum Gasteiger partial charge on any atom is 0.0511 e. The van der Waals surface area contributed by atoms with Gasteiger partial charge in [0.1, 0.15) is 0 Å². The van der Waals surface area contributed by atoms with Crippen LogP contribution in [0.15, 0.2) is 22.7 Å². The third-order valence-corrected chi connectivity index (χ3v) is 5.09. The molecule has 1 aromatic carbocycles. The Morgan fingerprint density at radius 3 is 2.58 bits per heavy atom. The van der Waals surface area contributed by atoms with Gasteiger partial charge in [-0.25, -0.2) is 0 Å². The second-order valence-corrected chi connectivity index (χ2v) is 7.90. The van der Waals surface area contributed by atoms with Gasteiger partial charge in [0.15, 0.2) is 0 Å². The molecular weight excluding hydrogens is 300 g/mol. The lowest BCUT2D eigenvalue weighted by Crippen LogP contribution is -2.46. The first-order valence-electron chi connectivity index (χ1n) is 7.15. The first-order chi connectivity index (χ1) is 8.89. The van der Waals surface area contributed by atoms with E-state index in [1.165, 1.54) is 41.7 Å². The van der Waals surface area contributed by atoms with E-state index in [1.807, 2.05) is 0 Å². The van der Waals surface area contributed by atoms with Gasteiger partial charge >= 0.3 is 0 Å². The number of benzene rings is 1. The summed E-state index contributed by atoms with van der Waals surface area (Å²) in [5.41, 5.74) is 3.35. The van der Waals surface area contributed by atoms with Gasteiger partial charge in [0.05, 0.1) is 5.69 Å². The number of halogens is 1. The number of hydrogen-bond donors (Lipinski definition) is 1. The van der Waals surface area contributed by atoms with Gasteiger partial charge in [-0.1, -0.05) is 6.07 Å². The van der Waals surface area contributed by atoms with E-state index in [1.54, 1.807) is 0 Å². The molecule has 0 radical (unpaired) electrons. The van der Waals surface area contributed by atoms with E-state index in [9.17, 15) is 0 Å². The fourth-order valence-corrected chi connectivity index (χ4v) is 3.77. The average Bonchev–Trinajstić information content (AvgIpc) is 3.07. The highest BCUT2D eigenvalue weighted by Crippen LogP contribution is 2.48. The number of aryl methyl sites for hydroxylation is 1. The first kappa shape index (κ1) is 13.4. The summed E-state index contributed by atoms with van der Waals surface area (Å²) in [6.45, 7) is 10.2. The van der Waals surface area contributed by atoms with Gasteiger partial charge in [-0.15, -0.1) is 0 Å². The average molecular weight is 323 g/mol. The topological polar surface area (TPSA) is 15.3 Å². The number of rotatable bonds is 1. The van der Waals surface area contributed by atoms with Gasteiger partial charge in [0, 0.05) is 35.1 Å². The van der Waals surface area contributed by atoms with Gasteiger partial charge in [0.2, 0.25) is 0 Å². The molecule has 0 aromatic heterocycles. The van der Waals surface area contributed by atoms with Crippen molar-refractivity contribution < 1.29 is 0 Å². The van der Waals surface area contributed by atoms with Crippen LogP contribution in [0, 0.1) is 12.3 Å². The van der Waals surface area contributed by atoms with Crippen molar-refractivity contribution in [2.24, 2.45) is 5.41 Å². The number of anilines is 1. The molecule has 1 saturated heterocycles. The molecule has 2 fully saturated rings. The van der Waals surface area contributed by atoms with Gasteiger partial charge in [-0.05, 0) is 67.2 Å². The normalized spacial score (nSPS) is 24.3. The number of nitrogens with one attached hydrogen (secondary N) is 1. The predicted octanol–water partition coefficient (Wildman–Crippen LogP) is 3.73. The quantitative estimate of drug-likeness (QED) is 0.847. The Morgan fingerprint density at radius 2 is 1.95 bits per heavy atom. The Labute approximate surface area is 124 Å². The van der Waals surface area contributed by atoms with E-state index < -0.39 is 0 Å². The monoisotopic (exact) mass is 322 g/mol. The van der Waals surface area contributed by atoms with Crippen molar-refractivity contribution in [2.45, 2.75) is 39.2 Å². The van der Waals surface area contributed by atoms with Crippen LogP contribution < -0.4 is 10.2 Å². The summed E-state index contributed by atoms with van der Waals surface area (Å²) in [4.78, 5) is 2.57. The third-order valence-electron chi connectivity index (χ3n) is 4.46. The molecule has 1 aliphatic carbocycles. The maximum absolute atomic E-state index is 3.75. The molecule has 0 amide bonds. The van der Waals surface area contributed by atoms with Crippen LogP contribution in [0.4, 0.5) is 5.69 Å². The smallest absolute Gasteiger partial charge is 0.0511 e. The molecule has 1 N–H and O–H groups in total.